The number of carbonyl (C=O) groups is 2. The van der Waals surface area contributed by atoms with Gasteiger partial charge < -0.3 is 10.6 Å². The van der Waals surface area contributed by atoms with Crippen molar-refractivity contribution < 1.29 is 18.4 Å². The number of carbonyl (C=O) groups excluding carboxylic acids is 2. The lowest BCUT2D eigenvalue weighted by atomic mass is 10.2. The number of benzene rings is 1. The summed E-state index contributed by atoms with van der Waals surface area (Å²) in [5.41, 5.74) is -0.111. The molecule has 0 spiro atoms. The van der Waals surface area contributed by atoms with Crippen LogP contribution < -0.4 is 10.6 Å². The monoisotopic (exact) mass is 306 g/mol. The molecule has 0 aliphatic rings. The van der Waals surface area contributed by atoms with Gasteiger partial charge in [-0.2, -0.15) is 0 Å². The van der Waals surface area contributed by atoms with Crippen LogP contribution in [0.15, 0.2) is 36.8 Å². The van der Waals surface area contributed by atoms with Gasteiger partial charge in [-0.1, -0.05) is 0 Å². The summed E-state index contributed by atoms with van der Waals surface area (Å²) in [5, 5.41) is 4.93. The first-order valence-corrected chi connectivity index (χ1v) is 6.35. The summed E-state index contributed by atoms with van der Waals surface area (Å²) in [5.74, 6) is -2.83. The first kappa shape index (κ1) is 15.5. The molecule has 0 aliphatic heterocycles. The molecular weight excluding hydrogens is 294 g/mol. The molecule has 22 heavy (non-hydrogen) atoms. The van der Waals surface area contributed by atoms with Gasteiger partial charge in [-0.05, 0) is 12.1 Å². The van der Waals surface area contributed by atoms with E-state index in [-0.39, 0.29) is 24.3 Å². The summed E-state index contributed by atoms with van der Waals surface area (Å²) in [6, 6.07) is 2.68. The second kappa shape index (κ2) is 7.21. The molecule has 0 aliphatic carbocycles. The maximum Gasteiger partial charge on any atom is 0.271 e. The molecule has 1 aromatic heterocycles. The van der Waals surface area contributed by atoms with Crippen molar-refractivity contribution >= 4 is 11.8 Å². The van der Waals surface area contributed by atoms with E-state index >= 15 is 0 Å². The van der Waals surface area contributed by atoms with Crippen LogP contribution in [0.4, 0.5) is 8.78 Å². The third-order valence-electron chi connectivity index (χ3n) is 2.67. The lowest BCUT2D eigenvalue weighted by Crippen LogP contribution is -2.35. The highest BCUT2D eigenvalue weighted by molar-refractivity contribution is 5.94. The van der Waals surface area contributed by atoms with Gasteiger partial charge in [0.15, 0.2) is 0 Å². The van der Waals surface area contributed by atoms with Crippen LogP contribution in [0.1, 0.15) is 20.8 Å². The molecule has 0 fully saturated rings. The Morgan fingerprint density at radius 3 is 2.41 bits per heavy atom. The molecule has 8 heteroatoms. The number of hydrogen-bond donors (Lipinski definition) is 2. The van der Waals surface area contributed by atoms with Crippen molar-refractivity contribution in [3.8, 4) is 0 Å². The van der Waals surface area contributed by atoms with E-state index in [0.29, 0.717) is 6.07 Å². The zero-order valence-corrected chi connectivity index (χ0v) is 11.3. The zero-order chi connectivity index (χ0) is 15.9. The summed E-state index contributed by atoms with van der Waals surface area (Å²) >= 11 is 0. The SMILES string of the molecule is O=C(NCCNC(=O)c1ccc(F)cc1F)c1cnccn1. The number of aromatic nitrogens is 2. The molecule has 114 valence electrons. The van der Waals surface area contributed by atoms with Crippen LogP contribution in [-0.4, -0.2) is 34.9 Å². The number of amides is 2. The standard InChI is InChI=1S/C14H12F2N4O2/c15-9-1-2-10(11(16)7-9)13(21)19-5-6-20-14(22)12-8-17-3-4-18-12/h1-4,7-8H,5-6H2,(H,19,21)(H,20,22). The van der Waals surface area contributed by atoms with Crippen molar-refractivity contribution in [2.45, 2.75) is 0 Å². The van der Waals surface area contributed by atoms with Crippen molar-refractivity contribution in [3.05, 3.63) is 59.7 Å². The van der Waals surface area contributed by atoms with E-state index < -0.39 is 23.4 Å². The Labute approximate surface area is 124 Å². The van der Waals surface area contributed by atoms with Crippen LogP contribution >= 0.6 is 0 Å². The van der Waals surface area contributed by atoms with Gasteiger partial charge in [0.1, 0.15) is 17.3 Å². The van der Waals surface area contributed by atoms with Crippen molar-refractivity contribution in [3.63, 3.8) is 0 Å². The highest BCUT2D eigenvalue weighted by Crippen LogP contribution is 2.08. The fraction of sp³-hybridized carbons (Fsp3) is 0.143. The largest absolute Gasteiger partial charge is 0.350 e. The minimum atomic E-state index is -0.943. The van der Waals surface area contributed by atoms with Gasteiger partial charge in [-0.15, -0.1) is 0 Å². The molecule has 6 nitrogen and oxygen atoms in total. The molecule has 2 rings (SSSR count). The number of nitrogens with zero attached hydrogens (tertiary/aromatic N) is 2. The quantitative estimate of drug-likeness (QED) is 0.804. The molecule has 2 N–H and O–H groups in total. The van der Waals surface area contributed by atoms with E-state index in [4.69, 9.17) is 0 Å². The molecule has 0 saturated heterocycles. The van der Waals surface area contributed by atoms with E-state index in [1.165, 1.54) is 18.6 Å². The Hall–Kier alpha value is -2.90. The van der Waals surface area contributed by atoms with E-state index in [1.54, 1.807) is 0 Å². The molecule has 2 amide bonds. The van der Waals surface area contributed by atoms with Crippen LogP contribution in [0, 0.1) is 11.6 Å². The molecule has 0 bridgehead atoms. The fourth-order valence-electron chi connectivity index (χ4n) is 1.63. The van der Waals surface area contributed by atoms with Gasteiger partial charge in [0.2, 0.25) is 0 Å². The Morgan fingerprint density at radius 2 is 1.77 bits per heavy atom. The second-order valence-electron chi connectivity index (χ2n) is 4.23. The molecule has 0 radical (unpaired) electrons. The van der Waals surface area contributed by atoms with Crippen LogP contribution in [0.5, 0.6) is 0 Å². The summed E-state index contributed by atoms with van der Waals surface area (Å²) in [7, 11) is 0. The predicted molar refractivity (Wildman–Crippen MR) is 73.1 cm³/mol. The number of hydrogen-bond acceptors (Lipinski definition) is 4. The van der Waals surface area contributed by atoms with Gasteiger partial charge in [0, 0.05) is 31.5 Å². The van der Waals surface area contributed by atoms with E-state index in [9.17, 15) is 18.4 Å². The average molecular weight is 306 g/mol. The molecule has 0 saturated carbocycles. The van der Waals surface area contributed by atoms with Gasteiger partial charge in [0.05, 0.1) is 11.8 Å². The molecule has 0 atom stereocenters. The Kier molecular flexibility index (Phi) is 5.07. The van der Waals surface area contributed by atoms with Crippen molar-refractivity contribution in [2.24, 2.45) is 0 Å². The van der Waals surface area contributed by atoms with Crippen LogP contribution in [0.2, 0.25) is 0 Å². The van der Waals surface area contributed by atoms with Crippen LogP contribution in [0.25, 0.3) is 0 Å². The minimum Gasteiger partial charge on any atom is -0.350 e. The molecule has 1 heterocycles. The predicted octanol–water partition coefficient (Wildman–Crippen LogP) is 0.915. The summed E-state index contributed by atoms with van der Waals surface area (Å²) in [4.78, 5) is 30.9. The van der Waals surface area contributed by atoms with Crippen molar-refractivity contribution in [1.29, 1.82) is 0 Å². The van der Waals surface area contributed by atoms with E-state index in [2.05, 4.69) is 20.6 Å². The molecule has 1 aromatic carbocycles. The third-order valence-corrected chi connectivity index (χ3v) is 2.67. The topological polar surface area (TPSA) is 84.0 Å². The smallest absolute Gasteiger partial charge is 0.271 e. The van der Waals surface area contributed by atoms with Gasteiger partial charge in [-0.3, -0.25) is 14.6 Å². The maximum absolute atomic E-state index is 13.4. The Balaban J connectivity index is 1.79. The average Bonchev–Trinajstić information content (AvgIpc) is 2.52. The van der Waals surface area contributed by atoms with Crippen molar-refractivity contribution in [2.75, 3.05) is 13.1 Å². The first-order valence-electron chi connectivity index (χ1n) is 6.35. The normalized spacial score (nSPS) is 10.1. The number of nitrogens with one attached hydrogen (secondary N) is 2. The Morgan fingerprint density at radius 1 is 1.05 bits per heavy atom. The number of halogens is 2. The van der Waals surface area contributed by atoms with Gasteiger partial charge in [0.25, 0.3) is 11.8 Å². The highest BCUT2D eigenvalue weighted by Gasteiger charge is 2.12. The maximum atomic E-state index is 13.4. The summed E-state index contributed by atoms with van der Waals surface area (Å²) < 4.78 is 26.1. The third kappa shape index (κ3) is 4.05. The molecular formula is C14H12F2N4O2. The summed E-state index contributed by atoms with van der Waals surface area (Å²) in [6.45, 7) is 0.214. The van der Waals surface area contributed by atoms with Crippen LogP contribution in [0.3, 0.4) is 0 Å². The zero-order valence-electron chi connectivity index (χ0n) is 11.3. The van der Waals surface area contributed by atoms with Crippen LogP contribution in [-0.2, 0) is 0 Å². The Bertz CT molecular complexity index is 680. The van der Waals surface area contributed by atoms with E-state index in [0.717, 1.165) is 12.1 Å². The van der Waals surface area contributed by atoms with E-state index in [1.807, 2.05) is 0 Å². The first-order chi connectivity index (χ1) is 10.6. The van der Waals surface area contributed by atoms with Gasteiger partial charge in [-0.25, -0.2) is 13.8 Å². The number of rotatable bonds is 5. The van der Waals surface area contributed by atoms with Gasteiger partial charge >= 0.3 is 0 Å². The van der Waals surface area contributed by atoms with Crippen molar-refractivity contribution in [1.82, 2.24) is 20.6 Å². The minimum absolute atomic E-state index is 0.0850. The lowest BCUT2D eigenvalue weighted by molar-refractivity contribution is 0.0922. The lowest BCUT2D eigenvalue weighted by Gasteiger charge is -2.07. The molecule has 2 aromatic rings. The summed E-state index contributed by atoms with van der Waals surface area (Å²) in [6.07, 6.45) is 4.13. The highest BCUT2D eigenvalue weighted by atomic mass is 19.1. The fourth-order valence-corrected chi connectivity index (χ4v) is 1.63. The second-order valence-corrected chi connectivity index (χ2v) is 4.23. The molecule has 0 unspecified atom stereocenters.